The molecule has 0 radical (unpaired) electrons. The van der Waals surface area contributed by atoms with Crippen molar-refractivity contribution in [1.29, 1.82) is 0 Å². The second-order valence-electron chi connectivity index (χ2n) is 8.39. The van der Waals surface area contributed by atoms with Gasteiger partial charge >= 0.3 is 5.91 Å². The van der Waals surface area contributed by atoms with E-state index >= 15 is 4.39 Å². The van der Waals surface area contributed by atoms with Gasteiger partial charge in [-0.05, 0) is 36.7 Å². The van der Waals surface area contributed by atoms with Crippen LogP contribution in [0.3, 0.4) is 0 Å². The molecule has 1 N–H and O–H groups in total. The molecule has 2 atom stereocenters. The highest BCUT2D eigenvalue weighted by atomic mass is 19.1. The number of nitrogens with zero attached hydrogens (tertiary/aromatic N) is 3. The molecule has 2 aliphatic rings. The predicted octanol–water partition coefficient (Wildman–Crippen LogP) is 3.13. The van der Waals surface area contributed by atoms with Gasteiger partial charge in [0.15, 0.2) is 0 Å². The zero-order valence-electron chi connectivity index (χ0n) is 16.7. The first-order valence-corrected chi connectivity index (χ1v) is 9.93. The van der Waals surface area contributed by atoms with Crippen LogP contribution in [0.5, 0.6) is 0 Å². The number of amides is 1. The minimum absolute atomic E-state index is 0.0982. The normalized spacial score (nSPS) is 25.7. The van der Waals surface area contributed by atoms with Crippen molar-refractivity contribution in [3.05, 3.63) is 71.8 Å². The maximum Gasteiger partial charge on any atom is 0.330 e. The van der Waals surface area contributed by atoms with Crippen LogP contribution in [0, 0.1) is 5.82 Å². The summed E-state index contributed by atoms with van der Waals surface area (Å²) in [5.41, 5.74) is 3.77. The number of halogens is 1. The minimum atomic E-state index is -0.503. The highest BCUT2D eigenvalue weighted by Crippen LogP contribution is 2.49. The molecule has 6 heteroatoms. The van der Waals surface area contributed by atoms with Gasteiger partial charge in [0.2, 0.25) is 0 Å². The number of carbonyl (C=O) groups is 1. The summed E-state index contributed by atoms with van der Waals surface area (Å²) in [7, 11) is 3.76. The van der Waals surface area contributed by atoms with Gasteiger partial charge in [0.1, 0.15) is 23.5 Å². The summed E-state index contributed by atoms with van der Waals surface area (Å²) >= 11 is 0. The van der Waals surface area contributed by atoms with Crippen molar-refractivity contribution in [1.82, 2.24) is 19.6 Å². The molecule has 2 aliphatic heterocycles. The average molecular weight is 391 g/mol. The number of quaternary nitrogens is 1. The largest absolute Gasteiger partial charge is 0.330 e. The Morgan fingerprint density at radius 3 is 2.76 bits per heavy atom. The van der Waals surface area contributed by atoms with E-state index in [0.717, 1.165) is 35.3 Å². The third-order valence-electron chi connectivity index (χ3n) is 6.54. The summed E-state index contributed by atoms with van der Waals surface area (Å²) < 4.78 is 16.9. The standard InChI is InChI=1S/C23H24FN4O/c1-27-13-18(12-26-27)16-7-8-17(20(24)11-16)14-28(2)21-6-4-3-5-19(21)23(22(28)29)9-10-25-15-23/h3-8,11-13,25H,9-10,14-15H2,1-2H3/q+1. The molecule has 29 heavy (non-hydrogen) atoms. The van der Waals surface area contributed by atoms with Crippen LogP contribution in [0.25, 0.3) is 11.1 Å². The van der Waals surface area contributed by atoms with Crippen LogP contribution in [0.1, 0.15) is 17.5 Å². The van der Waals surface area contributed by atoms with E-state index in [-0.39, 0.29) is 16.2 Å². The number of hydrogen-bond donors (Lipinski definition) is 1. The molecule has 0 aliphatic carbocycles. The Morgan fingerprint density at radius 1 is 1.24 bits per heavy atom. The number of likely N-dealkylation sites (N-methyl/N-ethyl adjacent to an activating group) is 1. The Morgan fingerprint density at radius 2 is 2.07 bits per heavy atom. The first-order valence-electron chi connectivity index (χ1n) is 9.93. The lowest BCUT2D eigenvalue weighted by atomic mass is 9.81. The molecule has 1 fully saturated rings. The number of aromatic nitrogens is 2. The van der Waals surface area contributed by atoms with Crippen LogP contribution in [-0.2, 0) is 23.8 Å². The fraction of sp³-hybridized carbons (Fsp3) is 0.304. The molecule has 3 aromatic rings. The molecule has 1 saturated heterocycles. The molecule has 148 valence electrons. The van der Waals surface area contributed by atoms with E-state index in [1.807, 2.05) is 44.6 Å². The highest BCUT2D eigenvalue weighted by Gasteiger charge is 2.61. The molecular formula is C23H24FN4O+. The highest BCUT2D eigenvalue weighted by molar-refractivity contribution is 6.04. The van der Waals surface area contributed by atoms with Crippen molar-refractivity contribution in [2.45, 2.75) is 18.4 Å². The number of rotatable bonds is 3. The van der Waals surface area contributed by atoms with E-state index in [0.29, 0.717) is 18.7 Å². The molecule has 0 bridgehead atoms. The zero-order chi connectivity index (χ0) is 20.2. The predicted molar refractivity (Wildman–Crippen MR) is 111 cm³/mol. The van der Waals surface area contributed by atoms with Gasteiger partial charge in [0.05, 0.1) is 13.2 Å². The van der Waals surface area contributed by atoms with Gasteiger partial charge in [0.25, 0.3) is 0 Å². The van der Waals surface area contributed by atoms with Crippen LogP contribution in [0.4, 0.5) is 10.1 Å². The van der Waals surface area contributed by atoms with Crippen LogP contribution in [0.2, 0.25) is 0 Å². The second kappa shape index (κ2) is 6.34. The number of benzene rings is 2. The summed E-state index contributed by atoms with van der Waals surface area (Å²) in [6.07, 6.45) is 4.37. The number of aryl methyl sites for hydroxylation is 1. The van der Waals surface area contributed by atoms with E-state index in [9.17, 15) is 4.79 Å². The lowest BCUT2D eigenvalue weighted by Crippen LogP contribution is -2.53. The van der Waals surface area contributed by atoms with Gasteiger partial charge < -0.3 is 5.32 Å². The Hall–Kier alpha value is -2.83. The first kappa shape index (κ1) is 18.2. The fourth-order valence-corrected chi connectivity index (χ4v) is 5.03. The lowest BCUT2D eigenvalue weighted by Gasteiger charge is -2.29. The first-order chi connectivity index (χ1) is 13.9. The third kappa shape index (κ3) is 2.59. The lowest BCUT2D eigenvalue weighted by molar-refractivity contribution is -0.133. The second-order valence-corrected chi connectivity index (χ2v) is 8.39. The molecule has 5 nitrogen and oxygen atoms in total. The molecule has 1 amide bonds. The van der Waals surface area contributed by atoms with Crippen LogP contribution < -0.4 is 9.80 Å². The Kier molecular flexibility index (Phi) is 3.98. The number of fused-ring (bicyclic) bond motifs is 2. The Labute approximate surface area is 169 Å². The van der Waals surface area contributed by atoms with E-state index < -0.39 is 5.41 Å². The van der Waals surface area contributed by atoms with Gasteiger partial charge in [-0.25, -0.2) is 13.7 Å². The molecule has 1 spiro atoms. The molecule has 1 aromatic heterocycles. The average Bonchev–Trinajstić information content (AvgIpc) is 3.42. The van der Waals surface area contributed by atoms with Gasteiger partial charge in [0, 0.05) is 36.5 Å². The van der Waals surface area contributed by atoms with Gasteiger partial charge in [-0.1, -0.05) is 24.3 Å². The summed E-state index contributed by atoms with van der Waals surface area (Å²) in [6, 6.07) is 13.3. The van der Waals surface area contributed by atoms with Gasteiger partial charge in [-0.3, -0.25) is 4.68 Å². The van der Waals surface area contributed by atoms with Crippen LogP contribution >= 0.6 is 0 Å². The Balaban J connectivity index is 1.54. The minimum Gasteiger partial charge on any atom is -0.315 e. The van der Waals surface area contributed by atoms with E-state index in [2.05, 4.69) is 16.5 Å². The smallest absolute Gasteiger partial charge is 0.315 e. The SMILES string of the molecule is Cn1cc(-c2ccc(C[N+]3(C)C(=O)C4(CCNC4)c4ccccc43)c(F)c2)cn1. The number of hydrogen-bond acceptors (Lipinski definition) is 3. The third-order valence-corrected chi connectivity index (χ3v) is 6.54. The summed E-state index contributed by atoms with van der Waals surface area (Å²) in [6.45, 7) is 1.78. The number of carbonyl (C=O) groups excluding carboxylic acids is 1. The van der Waals surface area contributed by atoms with Crippen molar-refractivity contribution in [3.63, 3.8) is 0 Å². The molecule has 2 aromatic carbocycles. The molecule has 2 unspecified atom stereocenters. The van der Waals surface area contributed by atoms with Gasteiger partial charge in [-0.2, -0.15) is 5.10 Å². The summed E-state index contributed by atoms with van der Waals surface area (Å²) in [4.78, 5) is 13.7. The monoisotopic (exact) mass is 391 g/mol. The maximum absolute atomic E-state index is 15.1. The van der Waals surface area contributed by atoms with Crippen molar-refractivity contribution in [3.8, 4) is 11.1 Å². The van der Waals surface area contributed by atoms with Crippen LogP contribution in [0.15, 0.2) is 54.9 Å². The zero-order valence-corrected chi connectivity index (χ0v) is 16.7. The molecule has 5 rings (SSSR count). The van der Waals surface area contributed by atoms with E-state index in [4.69, 9.17) is 0 Å². The topological polar surface area (TPSA) is 46.9 Å². The van der Waals surface area contributed by atoms with Crippen molar-refractivity contribution in [2.75, 3.05) is 20.1 Å². The van der Waals surface area contributed by atoms with E-state index in [1.54, 1.807) is 16.9 Å². The Bertz CT molecular complexity index is 1120. The fourth-order valence-electron chi connectivity index (χ4n) is 5.03. The maximum atomic E-state index is 15.1. The van der Waals surface area contributed by atoms with Crippen molar-refractivity contribution >= 4 is 11.6 Å². The quantitative estimate of drug-likeness (QED) is 0.698. The van der Waals surface area contributed by atoms with Crippen molar-refractivity contribution in [2.24, 2.45) is 7.05 Å². The summed E-state index contributed by atoms with van der Waals surface area (Å²) in [5, 5.41) is 7.51. The molecular weight excluding hydrogens is 367 g/mol. The number of para-hydroxylation sites is 1. The van der Waals surface area contributed by atoms with Gasteiger partial charge in [-0.15, -0.1) is 0 Å². The van der Waals surface area contributed by atoms with Crippen LogP contribution in [-0.4, -0.2) is 35.8 Å². The summed E-state index contributed by atoms with van der Waals surface area (Å²) in [5.74, 6) is -0.138. The van der Waals surface area contributed by atoms with E-state index in [1.165, 1.54) is 6.07 Å². The van der Waals surface area contributed by atoms with Crippen molar-refractivity contribution < 1.29 is 9.18 Å². The molecule has 0 saturated carbocycles. The number of nitrogens with one attached hydrogen (secondary N) is 1. The molecule has 3 heterocycles.